The fourth-order valence-corrected chi connectivity index (χ4v) is 2.48. The molecule has 1 aromatic carbocycles. The van der Waals surface area contributed by atoms with Gasteiger partial charge < -0.3 is 14.4 Å². The molecular weight excluding hydrogens is 330 g/mol. The number of hydrogen-bond donors (Lipinski definition) is 1. The van der Waals surface area contributed by atoms with E-state index in [1.54, 1.807) is 6.20 Å². The molecule has 136 valence electrons. The number of amides is 1. The van der Waals surface area contributed by atoms with Gasteiger partial charge in [0.15, 0.2) is 5.82 Å². The van der Waals surface area contributed by atoms with Crippen LogP contribution in [0.4, 0.5) is 5.69 Å². The average Bonchev–Trinajstić information content (AvgIpc) is 3.21. The van der Waals surface area contributed by atoms with Gasteiger partial charge in [-0.15, -0.1) is 0 Å². The second-order valence-electron chi connectivity index (χ2n) is 7.25. The van der Waals surface area contributed by atoms with Crippen molar-refractivity contribution in [2.24, 2.45) is 7.05 Å². The number of anilines is 1. The van der Waals surface area contributed by atoms with Crippen LogP contribution in [0.5, 0.6) is 0 Å². The maximum atomic E-state index is 12.2. The monoisotopic (exact) mass is 353 g/mol. The van der Waals surface area contributed by atoms with Crippen molar-refractivity contribution in [1.29, 1.82) is 0 Å². The van der Waals surface area contributed by atoms with E-state index in [0.717, 1.165) is 17.1 Å². The molecule has 0 aliphatic rings. The first-order chi connectivity index (χ1) is 12.3. The Bertz CT molecular complexity index is 905. The van der Waals surface area contributed by atoms with Crippen molar-refractivity contribution in [2.45, 2.75) is 39.0 Å². The average molecular weight is 353 g/mol. The van der Waals surface area contributed by atoms with Gasteiger partial charge in [0, 0.05) is 48.9 Å². The molecular formula is C19H23N5O2. The van der Waals surface area contributed by atoms with Gasteiger partial charge in [-0.05, 0) is 12.1 Å². The van der Waals surface area contributed by atoms with E-state index in [4.69, 9.17) is 4.52 Å². The summed E-state index contributed by atoms with van der Waals surface area (Å²) < 4.78 is 7.15. The topological polar surface area (TPSA) is 85.8 Å². The zero-order chi connectivity index (χ0) is 18.7. The molecule has 1 N–H and O–H groups in total. The molecule has 0 aliphatic carbocycles. The van der Waals surface area contributed by atoms with E-state index in [9.17, 15) is 4.79 Å². The number of hydrogen-bond acceptors (Lipinski definition) is 5. The van der Waals surface area contributed by atoms with Gasteiger partial charge in [-0.3, -0.25) is 4.79 Å². The van der Waals surface area contributed by atoms with E-state index in [1.807, 2.05) is 62.8 Å². The molecule has 7 heteroatoms. The number of rotatable bonds is 5. The van der Waals surface area contributed by atoms with E-state index >= 15 is 0 Å². The molecule has 0 spiro atoms. The number of aryl methyl sites for hydroxylation is 2. The molecule has 3 aromatic rings. The highest BCUT2D eigenvalue weighted by molar-refractivity contribution is 5.91. The van der Waals surface area contributed by atoms with Gasteiger partial charge in [-0.2, -0.15) is 4.98 Å². The Morgan fingerprint density at radius 2 is 2.12 bits per heavy atom. The van der Waals surface area contributed by atoms with Gasteiger partial charge in [0.05, 0.1) is 0 Å². The van der Waals surface area contributed by atoms with Crippen LogP contribution in [0.3, 0.4) is 0 Å². The largest absolute Gasteiger partial charge is 0.339 e. The van der Waals surface area contributed by atoms with Crippen LogP contribution in [0.25, 0.3) is 11.4 Å². The maximum absolute atomic E-state index is 12.2. The first-order valence-corrected chi connectivity index (χ1v) is 8.53. The second-order valence-corrected chi connectivity index (χ2v) is 7.25. The minimum atomic E-state index is -0.171. The van der Waals surface area contributed by atoms with Gasteiger partial charge in [-0.1, -0.05) is 38.1 Å². The van der Waals surface area contributed by atoms with E-state index in [-0.39, 0.29) is 17.7 Å². The van der Waals surface area contributed by atoms with Crippen LogP contribution < -0.4 is 5.32 Å². The second kappa shape index (κ2) is 7.11. The first-order valence-electron chi connectivity index (χ1n) is 8.53. The zero-order valence-corrected chi connectivity index (χ0v) is 15.5. The third-order valence-electron chi connectivity index (χ3n) is 3.93. The summed E-state index contributed by atoms with van der Waals surface area (Å²) >= 11 is 0. The first kappa shape index (κ1) is 17.8. The van der Waals surface area contributed by atoms with Crippen LogP contribution >= 0.6 is 0 Å². The molecule has 7 nitrogen and oxygen atoms in total. The van der Waals surface area contributed by atoms with Crippen molar-refractivity contribution in [3.63, 3.8) is 0 Å². The summed E-state index contributed by atoms with van der Waals surface area (Å²) in [6.07, 6.45) is 4.32. The van der Waals surface area contributed by atoms with Gasteiger partial charge in [-0.25, -0.2) is 4.98 Å². The van der Waals surface area contributed by atoms with E-state index < -0.39 is 0 Å². The number of carbonyl (C=O) groups is 1. The Balaban J connectivity index is 1.60. The van der Waals surface area contributed by atoms with Crippen LogP contribution in [-0.2, 0) is 23.7 Å². The number of carbonyl (C=O) groups excluding carboxylic acids is 1. The lowest BCUT2D eigenvalue weighted by Crippen LogP contribution is -2.14. The van der Waals surface area contributed by atoms with Crippen LogP contribution in [0.15, 0.2) is 41.2 Å². The Morgan fingerprint density at radius 1 is 1.31 bits per heavy atom. The fraction of sp³-hybridized carbons (Fsp3) is 0.368. The predicted octanol–water partition coefficient (Wildman–Crippen LogP) is 3.34. The highest BCUT2D eigenvalue weighted by atomic mass is 16.5. The van der Waals surface area contributed by atoms with Crippen LogP contribution in [-0.4, -0.2) is 25.6 Å². The van der Waals surface area contributed by atoms with Gasteiger partial charge >= 0.3 is 0 Å². The summed E-state index contributed by atoms with van der Waals surface area (Å²) in [5, 5.41) is 6.88. The van der Waals surface area contributed by atoms with Gasteiger partial charge in [0.1, 0.15) is 5.82 Å². The van der Waals surface area contributed by atoms with E-state index in [1.165, 1.54) is 0 Å². The number of imidazole rings is 1. The lowest BCUT2D eigenvalue weighted by atomic mass is 9.96. The summed E-state index contributed by atoms with van der Waals surface area (Å²) in [4.78, 5) is 20.9. The molecule has 1 amide bonds. The molecule has 26 heavy (non-hydrogen) atoms. The summed E-state index contributed by atoms with van der Waals surface area (Å²) in [5.41, 5.74) is 1.51. The van der Waals surface area contributed by atoms with Crippen molar-refractivity contribution in [3.8, 4) is 11.4 Å². The smallest absolute Gasteiger partial charge is 0.227 e. The quantitative estimate of drug-likeness (QED) is 0.760. The molecule has 2 heterocycles. The zero-order valence-electron chi connectivity index (χ0n) is 15.5. The van der Waals surface area contributed by atoms with Crippen LogP contribution in [0, 0.1) is 0 Å². The van der Waals surface area contributed by atoms with Crippen LogP contribution in [0.1, 0.15) is 38.9 Å². The number of aromatic nitrogens is 4. The van der Waals surface area contributed by atoms with Crippen molar-refractivity contribution in [2.75, 3.05) is 5.32 Å². The van der Waals surface area contributed by atoms with E-state index in [0.29, 0.717) is 18.1 Å². The molecule has 3 rings (SSSR count). The third-order valence-corrected chi connectivity index (χ3v) is 3.93. The number of benzene rings is 1. The summed E-state index contributed by atoms with van der Waals surface area (Å²) in [7, 11) is 1.93. The summed E-state index contributed by atoms with van der Waals surface area (Å²) in [5.74, 6) is 1.88. The molecule has 0 unspecified atom stereocenters. The minimum absolute atomic E-state index is 0.0995. The van der Waals surface area contributed by atoms with Crippen LogP contribution in [0.2, 0.25) is 0 Å². The maximum Gasteiger partial charge on any atom is 0.227 e. The summed E-state index contributed by atoms with van der Waals surface area (Å²) in [6, 6.07) is 7.62. The van der Waals surface area contributed by atoms with Crippen molar-refractivity contribution in [1.82, 2.24) is 19.7 Å². The number of nitrogens with zero attached hydrogens (tertiary/aromatic N) is 4. The highest BCUT2D eigenvalue weighted by Crippen LogP contribution is 2.21. The fourth-order valence-electron chi connectivity index (χ4n) is 2.48. The van der Waals surface area contributed by atoms with E-state index in [2.05, 4.69) is 20.4 Å². The van der Waals surface area contributed by atoms with Gasteiger partial charge in [0.25, 0.3) is 0 Å². The highest BCUT2D eigenvalue weighted by Gasteiger charge is 2.21. The lowest BCUT2D eigenvalue weighted by Gasteiger charge is -2.10. The van der Waals surface area contributed by atoms with Crippen molar-refractivity contribution < 1.29 is 9.32 Å². The Morgan fingerprint density at radius 3 is 2.77 bits per heavy atom. The minimum Gasteiger partial charge on any atom is -0.339 e. The lowest BCUT2D eigenvalue weighted by molar-refractivity contribution is -0.116. The molecule has 0 aliphatic heterocycles. The molecule has 0 radical (unpaired) electrons. The summed E-state index contributed by atoms with van der Waals surface area (Å²) in [6.45, 7) is 6.05. The molecule has 2 aromatic heterocycles. The Kier molecular flexibility index (Phi) is 4.88. The predicted molar refractivity (Wildman–Crippen MR) is 98.6 cm³/mol. The SMILES string of the molecule is Cn1ccnc1-c1cccc(NC(=O)CCc2nc(C(C)(C)C)no2)c1. The van der Waals surface area contributed by atoms with Crippen molar-refractivity contribution in [3.05, 3.63) is 48.4 Å². The molecule has 0 saturated heterocycles. The standard InChI is InChI=1S/C19H23N5O2/c1-19(2,3)18-22-16(26-23-18)9-8-15(25)21-14-7-5-6-13(12-14)17-20-10-11-24(17)4/h5-7,10-12H,8-9H2,1-4H3,(H,21,25). The Hall–Kier alpha value is -2.96. The third kappa shape index (κ3) is 4.17. The normalized spacial score (nSPS) is 11.5. The van der Waals surface area contributed by atoms with Gasteiger partial charge in [0.2, 0.25) is 11.8 Å². The molecule has 0 fully saturated rings. The molecule has 0 atom stereocenters. The van der Waals surface area contributed by atoms with Crippen molar-refractivity contribution >= 4 is 11.6 Å². The molecule has 0 bridgehead atoms. The Labute approximate surface area is 152 Å². The number of nitrogens with one attached hydrogen (secondary N) is 1. The molecule has 0 saturated carbocycles.